The van der Waals surface area contributed by atoms with Crippen LogP contribution in [-0.2, 0) is 9.47 Å². The summed E-state index contributed by atoms with van der Waals surface area (Å²) < 4.78 is 11.0. The third-order valence-corrected chi connectivity index (χ3v) is 2.68. The number of rotatable bonds is 2. The Morgan fingerprint density at radius 2 is 2.15 bits per heavy atom. The second-order valence-electron chi connectivity index (χ2n) is 4.65. The summed E-state index contributed by atoms with van der Waals surface area (Å²) >= 11 is 0. The molecule has 2 saturated heterocycles. The van der Waals surface area contributed by atoms with E-state index in [4.69, 9.17) is 9.47 Å². The molecule has 0 atom stereocenters. The van der Waals surface area contributed by atoms with Crippen LogP contribution in [0.2, 0.25) is 0 Å². The summed E-state index contributed by atoms with van der Waals surface area (Å²) in [5, 5.41) is 0. The molecule has 2 aliphatic rings. The highest BCUT2D eigenvalue weighted by atomic mass is 16.6. The Hall–Kier alpha value is -0.120. The summed E-state index contributed by atoms with van der Waals surface area (Å²) in [5.41, 5.74) is 0.0626. The summed E-state index contributed by atoms with van der Waals surface area (Å²) in [6.45, 7) is 10.3. The molecular weight excluding hydrogens is 166 g/mol. The Labute approximate surface area is 80.0 Å². The molecule has 3 heteroatoms. The van der Waals surface area contributed by atoms with E-state index in [2.05, 4.69) is 18.7 Å². The molecule has 76 valence electrons. The van der Waals surface area contributed by atoms with Gasteiger partial charge in [-0.25, -0.2) is 0 Å². The Morgan fingerprint density at radius 1 is 1.38 bits per heavy atom. The van der Waals surface area contributed by atoms with E-state index in [-0.39, 0.29) is 5.60 Å². The van der Waals surface area contributed by atoms with Crippen LogP contribution in [0.3, 0.4) is 0 Å². The smallest absolute Gasteiger partial charge is 0.127 e. The van der Waals surface area contributed by atoms with Crippen molar-refractivity contribution in [2.75, 3.05) is 39.5 Å². The molecule has 0 aromatic heterocycles. The minimum Gasteiger partial charge on any atom is -0.375 e. The highest BCUT2D eigenvalue weighted by molar-refractivity contribution is 4.93. The summed E-state index contributed by atoms with van der Waals surface area (Å²) in [6, 6.07) is 0. The average molecular weight is 185 g/mol. The lowest BCUT2D eigenvalue weighted by molar-refractivity contribution is -0.238. The van der Waals surface area contributed by atoms with Gasteiger partial charge >= 0.3 is 0 Å². The van der Waals surface area contributed by atoms with Crippen LogP contribution in [0, 0.1) is 5.92 Å². The molecule has 0 aromatic rings. The maximum absolute atomic E-state index is 5.75. The van der Waals surface area contributed by atoms with Gasteiger partial charge in [-0.05, 0) is 5.92 Å². The van der Waals surface area contributed by atoms with Gasteiger partial charge in [0.1, 0.15) is 5.60 Å². The van der Waals surface area contributed by atoms with Gasteiger partial charge in [0, 0.05) is 19.6 Å². The molecule has 13 heavy (non-hydrogen) atoms. The molecule has 2 rings (SSSR count). The first-order valence-electron chi connectivity index (χ1n) is 5.14. The quantitative estimate of drug-likeness (QED) is 0.633. The van der Waals surface area contributed by atoms with Crippen molar-refractivity contribution >= 4 is 0 Å². The van der Waals surface area contributed by atoms with E-state index in [9.17, 15) is 0 Å². The van der Waals surface area contributed by atoms with Crippen LogP contribution in [0.15, 0.2) is 0 Å². The fourth-order valence-electron chi connectivity index (χ4n) is 2.10. The topological polar surface area (TPSA) is 21.7 Å². The zero-order valence-electron chi connectivity index (χ0n) is 8.58. The molecule has 0 N–H and O–H groups in total. The molecule has 0 radical (unpaired) electrons. The molecule has 0 aromatic carbocycles. The van der Waals surface area contributed by atoms with Gasteiger partial charge in [0.2, 0.25) is 0 Å². The van der Waals surface area contributed by atoms with Gasteiger partial charge in [0.05, 0.1) is 19.8 Å². The lowest BCUT2D eigenvalue weighted by Gasteiger charge is -2.48. The Balaban J connectivity index is 1.85. The standard InChI is InChI=1S/C10H19NO2/c1-9(2)5-11-3-4-13-10(6-11)7-12-8-10/h9H,3-8H2,1-2H3. The zero-order chi connectivity index (χ0) is 9.31. The second kappa shape index (κ2) is 3.56. The molecule has 0 unspecified atom stereocenters. The molecular formula is C10H19NO2. The van der Waals surface area contributed by atoms with E-state index in [1.54, 1.807) is 0 Å². The minimum atomic E-state index is 0.0626. The fourth-order valence-corrected chi connectivity index (χ4v) is 2.10. The SMILES string of the molecule is CC(C)CN1CCOC2(COC2)C1. The number of nitrogens with zero attached hydrogens (tertiary/aromatic N) is 1. The molecule has 2 fully saturated rings. The van der Waals surface area contributed by atoms with E-state index in [0.717, 1.165) is 38.8 Å². The zero-order valence-corrected chi connectivity index (χ0v) is 8.58. The predicted molar refractivity (Wildman–Crippen MR) is 50.8 cm³/mol. The van der Waals surface area contributed by atoms with Gasteiger partial charge < -0.3 is 9.47 Å². The van der Waals surface area contributed by atoms with E-state index in [0.29, 0.717) is 0 Å². The first-order valence-corrected chi connectivity index (χ1v) is 5.14. The monoisotopic (exact) mass is 185 g/mol. The van der Waals surface area contributed by atoms with Crippen LogP contribution in [0.25, 0.3) is 0 Å². The lowest BCUT2D eigenvalue weighted by atomic mass is 9.99. The van der Waals surface area contributed by atoms with Gasteiger partial charge in [-0.1, -0.05) is 13.8 Å². The first kappa shape index (κ1) is 9.44. The third kappa shape index (κ3) is 2.03. The average Bonchev–Trinajstić information content (AvgIpc) is 2.01. The van der Waals surface area contributed by atoms with Gasteiger partial charge in [0.15, 0.2) is 0 Å². The highest BCUT2D eigenvalue weighted by Crippen LogP contribution is 2.26. The van der Waals surface area contributed by atoms with Crippen molar-refractivity contribution in [3.63, 3.8) is 0 Å². The largest absolute Gasteiger partial charge is 0.375 e. The van der Waals surface area contributed by atoms with Crippen LogP contribution in [0.5, 0.6) is 0 Å². The number of hydrogen-bond donors (Lipinski definition) is 0. The number of morpholine rings is 1. The summed E-state index contributed by atoms with van der Waals surface area (Å²) in [4.78, 5) is 2.50. The van der Waals surface area contributed by atoms with Crippen LogP contribution < -0.4 is 0 Å². The molecule has 0 amide bonds. The number of hydrogen-bond acceptors (Lipinski definition) is 3. The van der Waals surface area contributed by atoms with E-state index < -0.39 is 0 Å². The Kier molecular flexibility index (Phi) is 2.58. The summed E-state index contributed by atoms with van der Waals surface area (Å²) in [7, 11) is 0. The normalized spacial score (nSPS) is 27.9. The van der Waals surface area contributed by atoms with Gasteiger partial charge in [-0.15, -0.1) is 0 Å². The highest BCUT2D eigenvalue weighted by Gasteiger charge is 2.43. The maximum Gasteiger partial charge on any atom is 0.127 e. The molecule has 0 saturated carbocycles. The summed E-state index contributed by atoms with van der Waals surface area (Å²) in [5.74, 6) is 0.746. The van der Waals surface area contributed by atoms with E-state index in [1.807, 2.05) is 0 Å². The molecule has 0 bridgehead atoms. The molecule has 3 nitrogen and oxygen atoms in total. The van der Waals surface area contributed by atoms with Gasteiger partial charge in [-0.2, -0.15) is 0 Å². The Morgan fingerprint density at radius 3 is 2.69 bits per heavy atom. The van der Waals surface area contributed by atoms with Crippen molar-refractivity contribution in [1.29, 1.82) is 0 Å². The van der Waals surface area contributed by atoms with Crippen LogP contribution in [0.4, 0.5) is 0 Å². The van der Waals surface area contributed by atoms with Crippen LogP contribution in [-0.4, -0.2) is 50.0 Å². The predicted octanol–water partition coefficient (Wildman–Crippen LogP) is 0.744. The Bertz CT molecular complexity index is 178. The maximum atomic E-state index is 5.75. The summed E-state index contributed by atoms with van der Waals surface area (Å²) in [6.07, 6.45) is 0. The molecule has 2 heterocycles. The minimum absolute atomic E-state index is 0.0626. The van der Waals surface area contributed by atoms with Crippen molar-refractivity contribution in [2.24, 2.45) is 5.92 Å². The van der Waals surface area contributed by atoms with Crippen molar-refractivity contribution < 1.29 is 9.47 Å². The number of ether oxygens (including phenoxy) is 2. The van der Waals surface area contributed by atoms with Crippen LogP contribution in [0.1, 0.15) is 13.8 Å². The van der Waals surface area contributed by atoms with Crippen molar-refractivity contribution in [2.45, 2.75) is 19.4 Å². The molecule has 0 aliphatic carbocycles. The second-order valence-corrected chi connectivity index (χ2v) is 4.65. The fraction of sp³-hybridized carbons (Fsp3) is 1.00. The first-order chi connectivity index (χ1) is 6.20. The van der Waals surface area contributed by atoms with Crippen molar-refractivity contribution in [3.8, 4) is 0 Å². The lowest BCUT2D eigenvalue weighted by Crippen LogP contribution is -2.63. The van der Waals surface area contributed by atoms with Gasteiger partial charge in [0.25, 0.3) is 0 Å². The van der Waals surface area contributed by atoms with E-state index in [1.165, 1.54) is 6.54 Å². The van der Waals surface area contributed by atoms with E-state index >= 15 is 0 Å². The molecule has 1 spiro atoms. The van der Waals surface area contributed by atoms with Gasteiger partial charge in [-0.3, -0.25) is 4.90 Å². The third-order valence-electron chi connectivity index (χ3n) is 2.68. The van der Waals surface area contributed by atoms with Crippen molar-refractivity contribution in [1.82, 2.24) is 4.90 Å². The molecule has 2 aliphatic heterocycles. The van der Waals surface area contributed by atoms with Crippen molar-refractivity contribution in [3.05, 3.63) is 0 Å². The van der Waals surface area contributed by atoms with Crippen LogP contribution >= 0.6 is 0 Å².